The number of hydrogen-bond acceptors (Lipinski definition) is 1. The maximum Gasteiger partial charge on any atom is 0.0701 e. The van der Waals surface area contributed by atoms with E-state index in [4.69, 9.17) is 0 Å². The molecule has 0 radical (unpaired) electrons. The summed E-state index contributed by atoms with van der Waals surface area (Å²) in [6, 6.07) is 0. The Labute approximate surface area is 87.9 Å². The van der Waals surface area contributed by atoms with Crippen molar-refractivity contribution in [3.8, 4) is 0 Å². The highest BCUT2D eigenvalue weighted by Gasteiger charge is 2.45. The Balaban J connectivity index is 2.05. The van der Waals surface area contributed by atoms with Crippen LogP contribution in [0.2, 0.25) is 0 Å². The highest BCUT2D eigenvalue weighted by atomic mass is 16.3. The summed E-state index contributed by atoms with van der Waals surface area (Å²) < 4.78 is 0. The van der Waals surface area contributed by atoms with Gasteiger partial charge in [-0.2, -0.15) is 0 Å². The fourth-order valence-corrected chi connectivity index (χ4v) is 3.68. The van der Waals surface area contributed by atoms with Gasteiger partial charge in [0.25, 0.3) is 0 Å². The second-order valence-corrected chi connectivity index (χ2v) is 5.75. The molecule has 2 saturated carbocycles. The molecule has 4 atom stereocenters. The first-order chi connectivity index (χ1) is 6.63. The Morgan fingerprint density at radius 2 is 1.86 bits per heavy atom. The van der Waals surface area contributed by atoms with Crippen LogP contribution in [0.15, 0.2) is 0 Å². The van der Waals surface area contributed by atoms with Gasteiger partial charge in [-0.1, -0.05) is 33.1 Å². The SMILES string of the molecule is CC1CCCC(C2(O)CCCC2C)C1. The quantitative estimate of drug-likeness (QED) is 0.682. The third-order valence-corrected chi connectivity index (χ3v) is 4.71. The molecule has 0 aromatic carbocycles. The van der Waals surface area contributed by atoms with Crippen molar-refractivity contribution in [2.75, 3.05) is 0 Å². The molecular weight excluding hydrogens is 172 g/mol. The van der Waals surface area contributed by atoms with E-state index in [1.54, 1.807) is 0 Å². The fraction of sp³-hybridized carbons (Fsp3) is 1.00. The molecule has 4 unspecified atom stereocenters. The number of hydrogen-bond donors (Lipinski definition) is 1. The van der Waals surface area contributed by atoms with E-state index in [1.807, 2.05) is 0 Å². The summed E-state index contributed by atoms with van der Waals surface area (Å²) in [7, 11) is 0. The van der Waals surface area contributed by atoms with Gasteiger partial charge < -0.3 is 5.11 Å². The van der Waals surface area contributed by atoms with Gasteiger partial charge in [-0.05, 0) is 43.4 Å². The van der Waals surface area contributed by atoms with Crippen LogP contribution in [0.5, 0.6) is 0 Å². The first-order valence-corrected chi connectivity index (χ1v) is 6.35. The van der Waals surface area contributed by atoms with Crippen molar-refractivity contribution < 1.29 is 5.11 Å². The zero-order chi connectivity index (χ0) is 10.2. The van der Waals surface area contributed by atoms with Crippen LogP contribution in [0, 0.1) is 17.8 Å². The Hall–Kier alpha value is -0.0400. The largest absolute Gasteiger partial charge is 0.389 e. The van der Waals surface area contributed by atoms with E-state index in [0.29, 0.717) is 11.8 Å². The van der Waals surface area contributed by atoms with Gasteiger partial charge >= 0.3 is 0 Å². The topological polar surface area (TPSA) is 20.2 Å². The molecule has 0 spiro atoms. The Morgan fingerprint density at radius 3 is 2.43 bits per heavy atom. The van der Waals surface area contributed by atoms with Crippen LogP contribution in [-0.4, -0.2) is 10.7 Å². The zero-order valence-electron chi connectivity index (χ0n) is 9.63. The molecule has 2 aliphatic rings. The van der Waals surface area contributed by atoms with Crippen molar-refractivity contribution in [1.29, 1.82) is 0 Å². The monoisotopic (exact) mass is 196 g/mol. The van der Waals surface area contributed by atoms with E-state index < -0.39 is 0 Å². The summed E-state index contributed by atoms with van der Waals surface area (Å²) in [5.74, 6) is 1.98. The summed E-state index contributed by atoms with van der Waals surface area (Å²) >= 11 is 0. The van der Waals surface area contributed by atoms with Gasteiger partial charge in [-0.15, -0.1) is 0 Å². The van der Waals surface area contributed by atoms with Crippen LogP contribution in [0.1, 0.15) is 58.8 Å². The minimum atomic E-state index is -0.297. The lowest BCUT2D eigenvalue weighted by atomic mass is 9.70. The molecule has 2 fully saturated rings. The zero-order valence-corrected chi connectivity index (χ0v) is 9.63. The summed E-state index contributed by atoms with van der Waals surface area (Å²) in [5.41, 5.74) is -0.297. The number of aliphatic hydroxyl groups is 1. The second-order valence-electron chi connectivity index (χ2n) is 5.75. The molecule has 14 heavy (non-hydrogen) atoms. The van der Waals surface area contributed by atoms with Crippen molar-refractivity contribution >= 4 is 0 Å². The lowest BCUT2D eigenvalue weighted by molar-refractivity contribution is -0.0648. The average Bonchev–Trinajstić information content (AvgIpc) is 2.49. The van der Waals surface area contributed by atoms with Crippen LogP contribution in [0.3, 0.4) is 0 Å². The molecule has 82 valence electrons. The van der Waals surface area contributed by atoms with Crippen LogP contribution in [0.25, 0.3) is 0 Å². The Kier molecular flexibility index (Phi) is 2.88. The minimum Gasteiger partial charge on any atom is -0.389 e. The molecule has 1 N–H and O–H groups in total. The highest BCUT2D eigenvalue weighted by Crippen LogP contribution is 2.47. The van der Waals surface area contributed by atoms with Crippen molar-refractivity contribution in [2.24, 2.45) is 17.8 Å². The molecule has 2 aliphatic carbocycles. The standard InChI is InChI=1S/C13H24O/c1-10-5-3-7-12(9-10)13(14)8-4-6-11(13)2/h10-12,14H,3-9H2,1-2H3. The molecule has 0 aliphatic heterocycles. The summed E-state index contributed by atoms with van der Waals surface area (Å²) in [6.45, 7) is 4.58. The molecule has 0 saturated heterocycles. The maximum absolute atomic E-state index is 10.7. The van der Waals surface area contributed by atoms with E-state index in [1.165, 1.54) is 38.5 Å². The fourth-order valence-electron chi connectivity index (χ4n) is 3.68. The van der Waals surface area contributed by atoms with E-state index in [0.717, 1.165) is 12.3 Å². The van der Waals surface area contributed by atoms with Gasteiger partial charge in [0.1, 0.15) is 0 Å². The molecule has 1 heteroatoms. The van der Waals surface area contributed by atoms with Gasteiger partial charge in [0.15, 0.2) is 0 Å². The van der Waals surface area contributed by atoms with E-state index >= 15 is 0 Å². The minimum absolute atomic E-state index is 0.297. The van der Waals surface area contributed by atoms with Crippen molar-refractivity contribution in [1.82, 2.24) is 0 Å². The van der Waals surface area contributed by atoms with Gasteiger partial charge in [-0.3, -0.25) is 0 Å². The van der Waals surface area contributed by atoms with Crippen molar-refractivity contribution in [3.63, 3.8) is 0 Å². The van der Waals surface area contributed by atoms with Crippen LogP contribution in [0.4, 0.5) is 0 Å². The molecule has 0 amide bonds. The summed E-state index contributed by atoms with van der Waals surface area (Å²) in [4.78, 5) is 0. The average molecular weight is 196 g/mol. The van der Waals surface area contributed by atoms with E-state index in [2.05, 4.69) is 13.8 Å². The summed E-state index contributed by atoms with van der Waals surface area (Å²) in [6.07, 6.45) is 8.78. The molecule has 2 rings (SSSR count). The van der Waals surface area contributed by atoms with Gasteiger partial charge in [0.05, 0.1) is 5.60 Å². The van der Waals surface area contributed by atoms with Crippen LogP contribution >= 0.6 is 0 Å². The van der Waals surface area contributed by atoms with Gasteiger partial charge in [0.2, 0.25) is 0 Å². The molecular formula is C13H24O. The Bertz CT molecular complexity index is 201. The van der Waals surface area contributed by atoms with Crippen LogP contribution in [-0.2, 0) is 0 Å². The lowest BCUT2D eigenvalue weighted by Gasteiger charge is -2.40. The molecule has 0 aromatic heterocycles. The second kappa shape index (κ2) is 3.84. The maximum atomic E-state index is 10.7. The van der Waals surface area contributed by atoms with Gasteiger partial charge in [-0.25, -0.2) is 0 Å². The van der Waals surface area contributed by atoms with E-state index in [9.17, 15) is 5.11 Å². The third-order valence-electron chi connectivity index (χ3n) is 4.71. The summed E-state index contributed by atoms with van der Waals surface area (Å²) in [5, 5.41) is 10.7. The molecule has 1 nitrogen and oxygen atoms in total. The normalized spacial score (nSPS) is 49.5. The molecule has 0 aromatic rings. The van der Waals surface area contributed by atoms with Crippen LogP contribution < -0.4 is 0 Å². The highest BCUT2D eigenvalue weighted by molar-refractivity contribution is 4.96. The first-order valence-electron chi connectivity index (χ1n) is 6.35. The molecule has 0 bridgehead atoms. The molecule has 0 heterocycles. The first kappa shape index (κ1) is 10.5. The predicted molar refractivity (Wildman–Crippen MR) is 59.1 cm³/mol. The smallest absolute Gasteiger partial charge is 0.0701 e. The lowest BCUT2D eigenvalue weighted by Crippen LogP contribution is -2.42. The Morgan fingerprint density at radius 1 is 1.07 bits per heavy atom. The van der Waals surface area contributed by atoms with Gasteiger partial charge in [0, 0.05) is 0 Å². The number of rotatable bonds is 1. The van der Waals surface area contributed by atoms with Crippen molar-refractivity contribution in [3.05, 3.63) is 0 Å². The van der Waals surface area contributed by atoms with E-state index in [-0.39, 0.29) is 5.60 Å². The van der Waals surface area contributed by atoms with Crippen molar-refractivity contribution in [2.45, 2.75) is 64.4 Å². The predicted octanol–water partition coefficient (Wildman–Crippen LogP) is 3.36. The third kappa shape index (κ3) is 1.71.